The molecule has 0 aromatic carbocycles. The van der Waals surface area contributed by atoms with Crippen molar-refractivity contribution in [3.8, 4) is 0 Å². The molecule has 0 amide bonds. The molecule has 19 heavy (non-hydrogen) atoms. The van der Waals surface area contributed by atoms with Gasteiger partial charge in [-0.05, 0) is 53.9 Å². The largest absolute Gasteiger partial charge is 0.410 e. The van der Waals surface area contributed by atoms with Gasteiger partial charge in [0, 0.05) is 0 Å². The van der Waals surface area contributed by atoms with Crippen molar-refractivity contribution in [1.82, 2.24) is 0 Å². The van der Waals surface area contributed by atoms with E-state index in [0.717, 1.165) is 25.7 Å². The molecule has 0 aromatic heterocycles. The zero-order chi connectivity index (χ0) is 14.7. The van der Waals surface area contributed by atoms with Crippen molar-refractivity contribution in [2.45, 2.75) is 77.6 Å². The number of rotatable bonds is 5. The second kappa shape index (κ2) is 6.73. The lowest BCUT2D eigenvalue weighted by Gasteiger charge is -2.39. The molecule has 3 heteroatoms. The van der Waals surface area contributed by atoms with Crippen LogP contribution in [0.25, 0.3) is 0 Å². The van der Waals surface area contributed by atoms with Gasteiger partial charge in [0.05, 0.1) is 6.10 Å². The van der Waals surface area contributed by atoms with Gasteiger partial charge in [0.15, 0.2) is 8.32 Å². The van der Waals surface area contributed by atoms with Gasteiger partial charge in [0.25, 0.3) is 0 Å². The summed E-state index contributed by atoms with van der Waals surface area (Å²) in [6.45, 7) is 13.8. The van der Waals surface area contributed by atoms with Crippen LogP contribution in [0.3, 0.4) is 0 Å². The second-order valence-corrected chi connectivity index (χ2v) is 12.6. The molecule has 0 aliphatic heterocycles. The van der Waals surface area contributed by atoms with Crippen molar-refractivity contribution in [1.29, 1.82) is 0 Å². The zero-order valence-electron chi connectivity index (χ0n) is 13.3. The monoisotopic (exact) mass is 344 g/mol. The van der Waals surface area contributed by atoms with E-state index < -0.39 is 8.32 Å². The van der Waals surface area contributed by atoms with E-state index in [1.807, 2.05) is 0 Å². The normalized spacial score (nSPS) is 21.7. The average molecular weight is 345 g/mol. The second-order valence-electron chi connectivity index (χ2n) is 6.92. The predicted molar refractivity (Wildman–Crippen MR) is 91.3 cm³/mol. The Morgan fingerprint density at radius 2 is 1.95 bits per heavy atom. The minimum Gasteiger partial charge on any atom is -0.410 e. The van der Waals surface area contributed by atoms with E-state index in [1.54, 1.807) is 0 Å². The highest BCUT2D eigenvalue weighted by Gasteiger charge is 2.40. The minimum absolute atomic E-state index is 0.284. The summed E-state index contributed by atoms with van der Waals surface area (Å²) in [6, 6.07) is 0. The van der Waals surface area contributed by atoms with Gasteiger partial charge in [0.2, 0.25) is 0 Å². The molecule has 1 atom stereocenters. The molecular formula is C16H29BrOSi. The Bertz CT molecular complexity index is 363. The van der Waals surface area contributed by atoms with Gasteiger partial charge in [-0.1, -0.05) is 55.8 Å². The summed E-state index contributed by atoms with van der Waals surface area (Å²) in [5, 5.41) is 0.284. The topological polar surface area (TPSA) is 9.23 Å². The lowest BCUT2D eigenvalue weighted by Crippen LogP contribution is -2.43. The maximum atomic E-state index is 6.59. The Hall–Kier alpha value is 0.137. The van der Waals surface area contributed by atoms with Gasteiger partial charge in [-0.25, -0.2) is 0 Å². The molecule has 0 aromatic rings. The summed E-state index contributed by atoms with van der Waals surface area (Å²) in [4.78, 5) is 0. The van der Waals surface area contributed by atoms with E-state index in [-0.39, 0.29) is 5.04 Å². The number of allylic oxidation sites excluding steroid dienone is 3. The van der Waals surface area contributed by atoms with E-state index in [1.165, 1.54) is 10.1 Å². The van der Waals surface area contributed by atoms with E-state index in [4.69, 9.17) is 4.43 Å². The van der Waals surface area contributed by atoms with E-state index in [2.05, 4.69) is 68.9 Å². The summed E-state index contributed by atoms with van der Waals surface area (Å²) in [7, 11) is -1.67. The maximum absolute atomic E-state index is 6.59. The third-order valence-corrected chi connectivity index (χ3v) is 9.74. The van der Waals surface area contributed by atoms with Crippen LogP contribution in [-0.2, 0) is 4.43 Å². The molecule has 0 heterocycles. The molecule has 0 saturated heterocycles. The van der Waals surface area contributed by atoms with E-state index in [9.17, 15) is 0 Å². The number of hydrogen-bond donors (Lipinski definition) is 0. The summed E-state index contributed by atoms with van der Waals surface area (Å²) >= 11 is 3.74. The van der Waals surface area contributed by atoms with Crippen LogP contribution in [0.5, 0.6) is 0 Å². The first-order valence-electron chi connectivity index (χ1n) is 7.39. The van der Waals surface area contributed by atoms with Gasteiger partial charge < -0.3 is 4.43 Å². The lowest BCUT2D eigenvalue weighted by atomic mass is 10.1. The zero-order valence-corrected chi connectivity index (χ0v) is 15.9. The van der Waals surface area contributed by atoms with Crippen molar-refractivity contribution in [2.75, 3.05) is 0 Å². The molecule has 0 N–H and O–H groups in total. The third kappa shape index (κ3) is 4.57. The van der Waals surface area contributed by atoms with Crippen molar-refractivity contribution in [2.24, 2.45) is 0 Å². The van der Waals surface area contributed by atoms with Crippen LogP contribution in [0, 0.1) is 0 Å². The fraction of sp³-hybridized carbons (Fsp3) is 0.750. The predicted octanol–water partition coefficient (Wildman–Crippen LogP) is 6.18. The van der Waals surface area contributed by atoms with Crippen molar-refractivity contribution >= 4 is 24.2 Å². The molecule has 1 rings (SSSR count). The Kier molecular flexibility index (Phi) is 6.09. The maximum Gasteiger partial charge on any atom is 0.192 e. The summed E-state index contributed by atoms with van der Waals surface area (Å²) in [5.74, 6) is 0. The van der Waals surface area contributed by atoms with Gasteiger partial charge in [-0.2, -0.15) is 0 Å². The van der Waals surface area contributed by atoms with Gasteiger partial charge in [-0.15, -0.1) is 0 Å². The van der Waals surface area contributed by atoms with E-state index in [0.29, 0.717) is 6.10 Å². The summed E-state index contributed by atoms with van der Waals surface area (Å²) in [6.07, 6.45) is 9.28. The van der Waals surface area contributed by atoms with Crippen LogP contribution in [0.1, 0.15) is 53.4 Å². The first kappa shape index (κ1) is 17.2. The van der Waals surface area contributed by atoms with Crippen LogP contribution in [0.4, 0.5) is 0 Å². The van der Waals surface area contributed by atoms with Crippen LogP contribution in [0.15, 0.2) is 22.2 Å². The summed E-state index contributed by atoms with van der Waals surface area (Å²) < 4.78 is 7.97. The SMILES string of the molecule is CC/C=C\CC1=C(Br)CCC1O[Si](C)(C)C(C)(C)C. The first-order chi connectivity index (χ1) is 8.69. The molecule has 1 aliphatic rings. The number of hydrogen-bond acceptors (Lipinski definition) is 1. The lowest BCUT2D eigenvalue weighted by molar-refractivity contribution is 0.212. The van der Waals surface area contributed by atoms with Gasteiger partial charge in [-0.3, -0.25) is 0 Å². The highest BCUT2D eigenvalue weighted by molar-refractivity contribution is 9.11. The van der Waals surface area contributed by atoms with Crippen LogP contribution in [0.2, 0.25) is 18.1 Å². The molecular weight excluding hydrogens is 316 g/mol. The number of halogens is 1. The molecule has 1 unspecified atom stereocenters. The fourth-order valence-corrected chi connectivity index (χ4v) is 4.02. The van der Waals surface area contributed by atoms with Crippen molar-refractivity contribution in [3.05, 3.63) is 22.2 Å². The molecule has 0 spiro atoms. The molecule has 0 saturated carbocycles. The molecule has 0 radical (unpaired) electrons. The highest BCUT2D eigenvalue weighted by Crippen LogP contribution is 2.42. The smallest absolute Gasteiger partial charge is 0.192 e. The fourth-order valence-electron chi connectivity index (χ4n) is 2.05. The molecule has 0 bridgehead atoms. The molecule has 1 aliphatic carbocycles. The third-order valence-electron chi connectivity index (χ3n) is 4.35. The first-order valence-corrected chi connectivity index (χ1v) is 11.1. The summed E-state index contributed by atoms with van der Waals surface area (Å²) in [5.41, 5.74) is 1.47. The standard InChI is InChI=1S/C16H29BrOSi/c1-7-8-9-10-13-14(17)11-12-15(13)18-19(5,6)16(2,3)4/h8-9,15H,7,10-12H2,1-6H3/b9-8-. The Balaban J connectivity index is 2.76. The van der Waals surface area contributed by atoms with Gasteiger partial charge in [0.1, 0.15) is 0 Å². The van der Waals surface area contributed by atoms with Gasteiger partial charge >= 0.3 is 0 Å². The Labute approximate surface area is 128 Å². The molecule has 1 nitrogen and oxygen atoms in total. The highest BCUT2D eigenvalue weighted by atomic mass is 79.9. The van der Waals surface area contributed by atoms with Crippen molar-refractivity contribution < 1.29 is 4.43 Å². The molecule has 110 valence electrons. The van der Waals surface area contributed by atoms with Crippen LogP contribution < -0.4 is 0 Å². The Morgan fingerprint density at radius 1 is 1.32 bits per heavy atom. The van der Waals surface area contributed by atoms with E-state index >= 15 is 0 Å². The Morgan fingerprint density at radius 3 is 2.47 bits per heavy atom. The minimum atomic E-state index is -1.67. The molecule has 0 fully saturated rings. The quantitative estimate of drug-likeness (QED) is 0.427. The van der Waals surface area contributed by atoms with Crippen LogP contribution in [-0.4, -0.2) is 14.4 Å². The average Bonchev–Trinajstić information content (AvgIpc) is 2.59. The van der Waals surface area contributed by atoms with Crippen LogP contribution >= 0.6 is 15.9 Å². The van der Waals surface area contributed by atoms with Crippen molar-refractivity contribution in [3.63, 3.8) is 0 Å².